The SMILES string of the molecule is CCOc1ccc(C(=O)Nc2ccccc2)cc1COc1ccc(C)cc1. The maximum Gasteiger partial charge on any atom is 0.255 e. The minimum atomic E-state index is -0.166. The first-order valence-electron chi connectivity index (χ1n) is 8.97. The quantitative estimate of drug-likeness (QED) is 0.627. The second-order valence-electron chi connectivity index (χ2n) is 6.18. The molecule has 1 amide bonds. The predicted molar refractivity (Wildman–Crippen MR) is 108 cm³/mol. The largest absolute Gasteiger partial charge is 0.493 e. The molecule has 0 bridgehead atoms. The third-order valence-electron chi connectivity index (χ3n) is 4.07. The third kappa shape index (κ3) is 5.11. The zero-order valence-corrected chi connectivity index (χ0v) is 15.6. The highest BCUT2D eigenvalue weighted by Crippen LogP contribution is 2.23. The molecular weight excluding hydrogens is 338 g/mol. The van der Waals surface area contributed by atoms with Crippen molar-refractivity contribution in [3.63, 3.8) is 0 Å². The van der Waals surface area contributed by atoms with Crippen LogP contribution in [0.4, 0.5) is 5.69 Å². The highest BCUT2D eigenvalue weighted by atomic mass is 16.5. The number of benzene rings is 3. The molecule has 0 aromatic heterocycles. The normalized spacial score (nSPS) is 10.3. The Kier molecular flexibility index (Phi) is 6.10. The topological polar surface area (TPSA) is 47.6 Å². The summed E-state index contributed by atoms with van der Waals surface area (Å²) in [6, 6.07) is 22.7. The Balaban J connectivity index is 1.77. The monoisotopic (exact) mass is 361 g/mol. The van der Waals surface area contributed by atoms with Crippen LogP contribution in [0.5, 0.6) is 11.5 Å². The van der Waals surface area contributed by atoms with Crippen LogP contribution in [0.25, 0.3) is 0 Å². The van der Waals surface area contributed by atoms with E-state index in [9.17, 15) is 4.79 Å². The van der Waals surface area contributed by atoms with Crippen LogP contribution in [0.1, 0.15) is 28.4 Å². The molecule has 0 heterocycles. The first kappa shape index (κ1) is 18.5. The first-order valence-corrected chi connectivity index (χ1v) is 8.97. The summed E-state index contributed by atoms with van der Waals surface area (Å²) in [5, 5.41) is 2.90. The lowest BCUT2D eigenvalue weighted by Crippen LogP contribution is -2.13. The molecule has 3 rings (SSSR count). The van der Waals surface area contributed by atoms with E-state index in [2.05, 4.69) is 5.32 Å². The molecule has 138 valence electrons. The van der Waals surface area contributed by atoms with Gasteiger partial charge in [-0.05, 0) is 56.3 Å². The van der Waals surface area contributed by atoms with Crippen molar-refractivity contribution in [3.8, 4) is 11.5 Å². The number of nitrogens with one attached hydrogen (secondary N) is 1. The summed E-state index contributed by atoms with van der Waals surface area (Å²) in [4.78, 5) is 12.6. The number of hydrogen-bond donors (Lipinski definition) is 1. The molecule has 0 atom stereocenters. The van der Waals surface area contributed by atoms with Gasteiger partial charge < -0.3 is 14.8 Å². The zero-order valence-electron chi connectivity index (χ0n) is 15.6. The minimum absolute atomic E-state index is 0.166. The molecule has 0 saturated heterocycles. The molecule has 4 nitrogen and oxygen atoms in total. The van der Waals surface area contributed by atoms with E-state index < -0.39 is 0 Å². The fourth-order valence-electron chi connectivity index (χ4n) is 2.65. The summed E-state index contributed by atoms with van der Waals surface area (Å²) in [5.41, 5.74) is 3.33. The summed E-state index contributed by atoms with van der Waals surface area (Å²) in [7, 11) is 0. The molecule has 0 radical (unpaired) electrons. The van der Waals surface area contributed by atoms with E-state index in [0.717, 1.165) is 22.7 Å². The number of carbonyl (C=O) groups is 1. The Labute approximate surface area is 159 Å². The van der Waals surface area contributed by atoms with E-state index in [0.29, 0.717) is 18.8 Å². The molecule has 4 heteroatoms. The van der Waals surface area contributed by atoms with E-state index in [4.69, 9.17) is 9.47 Å². The van der Waals surface area contributed by atoms with E-state index >= 15 is 0 Å². The van der Waals surface area contributed by atoms with Crippen molar-refractivity contribution in [2.45, 2.75) is 20.5 Å². The molecule has 3 aromatic rings. The summed E-state index contributed by atoms with van der Waals surface area (Å²) in [6.07, 6.45) is 0. The molecular formula is C23H23NO3. The maximum atomic E-state index is 12.6. The fraction of sp³-hybridized carbons (Fsp3) is 0.174. The smallest absolute Gasteiger partial charge is 0.255 e. The van der Waals surface area contributed by atoms with Gasteiger partial charge in [-0.15, -0.1) is 0 Å². The van der Waals surface area contributed by atoms with Crippen molar-refractivity contribution in [1.82, 2.24) is 0 Å². The lowest BCUT2D eigenvalue weighted by atomic mass is 10.1. The summed E-state index contributed by atoms with van der Waals surface area (Å²) >= 11 is 0. The number of ether oxygens (including phenoxy) is 2. The lowest BCUT2D eigenvalue weighted by Gasteiger charge is -2.13. The molecule has 0 spiro atoms. The summed E-state index contributed by atoms with van der Waals surface area (Å²) in [5.74, 6) is 1.34. The number of para-hydroxylation sites is 1. The van der Waals surface area contributed by atoms with Gasteiger partial charge in [-0.25, -0.2) is 0 Å². The fourth-order valence-corrected chi connectivity index (χ4v) is 2.65. The van der Waals surface area contributed by atoms with Crippen molar-refractivity contribution in [2.24, 2.45) is 0 Å². The summed E-state index contributed by atoms with van der Waals surface area (Å²) in [6.45, 7) is 4.84. The van der Waals surface area contributed by atoms with Gasteiger partial charge in [-0.2, -0.15) is 0 Å². The van der Waals surface area contributed by atoms with Crippen molar-refractivity contribution in [1.29, 1.82) is 0 Å². The molecule has 0 aliphatic carbocycles. The number of carbonyl (C=O) groups excluding carboxylic acids is 1. The zero-order chi connectivity index (χ0) is 19.1. The van der Waals surface area contributed by atoms with Gasteiger partial charge in [0.2, 0.25) is 0 Å². The Morgan fingerprint density at radius 2 is 1.67 bits per heavy atom. The molecule has 0 unspecified atom stereocenters. The van der Waals surface area contributed by atoms with Crippen LogP contribution in [-0.4, -0.2) is 12.5 Å². The number of amides is 1. The lowest BCUT2D eigenvalue weighted by molar-refractivity contribution is 0.102. The number of hydrogen-bond acceptors (Lipinski definition) is 3. The van der Waals surface area contributed by atoms with E-state index in [1.807, 2.05) is 80.6 Å². The van der Waals surface area contributed by atoms with Crippen LogP contribution >= 0.6 is 0 Å². The van der Waals surface area contributed by atoms with Crippen molar-refractivity contribution < 1.29 is 14.3 Å². The van der Waals surface area contributed by atoms with Crippen molar-refractivity contribution in [3.05, 3.63) is 89.5 Å². The van der Waals surface area contributed by atoms with Crippen molar-refractivity contribution >= 4 is 11.6 Å². The highest BCUT2D eigenvalue weighted by Gasteiger charge is 2.12. The van der Waals surface area contributed by atoms with Crippen LogP contribution in [0.15, 0.2) is 72.8 Å². The van der Waals surface area contributed by atoms with Crippen LogP contribution < -0.4 is 14.8 Å². The van der Waals surface area contributed by atoms with Crippen molar-refractivity contribution in [2.75, 3.05) is 11.9 Å². The third-order valence-corrected chi connectivity index (χ3v) is 4.07. The van der Waals surface area contributed by atoms with E-state index in [-0.39, 0.29) is 5.91 Å². The van der Waals surface area contributed by atoms with Crippen LogP contribution in [0, 0.1) is 6.92 Å². The molecule has 0 saturated carbocycles. The van der Waals surface area contributed by atoms with Gasteiger partial charge in [0.15, 0.2) is 0 Å². The number of rotatable bonds is 7. The van der Waals surface area contributed by atoms with Gasteiger partial charge in [-0.3, -0.25) is 4.79 Å². The van der Waals surface area contributed by atoms with Gasteiger partial charge in [-0.1, -0.05) is 35.9 Å². The average molecular weight is 361 g/mol. The summed E-state index contributed by atoms with van der Waals surface area (Å²) < 4.78 is 11.6. The van der Waals surface area contributed by atoms with E-state index in [1.54, 1.807) is 6.07 Å². The maximum absolute atomic E-state index is 12.6. The van der Waals surface area contributed by atoms with Gasteiger partial charge in [0.1, 0.15) is 18.1 Å². The average Bonchev–Trinajstić information content (AvgIpc) is 2.69. The first-order chi connectivity index (χ1) is 13.2. The van der Waals surface area contributed by atoms with Gasteiger partial charge in [0, 0.05) is 16.8 Å². The van der Waals surface area contributed by atoms with Crippen LogP contribution in [-0.2, 0) is 6.61 Å². The number of aryl methyl sites for hydroxylation is 1. The Bertz CT molecular complexity index is 889. The van der Waals surface area contributed by atoms with Crippen LogP contribution in [0.3, 0.4) is 0 Å². The standard InChI is InChI=1S/C23H23NO3/c1-3-26-22-14-11-18(23(25)24-20-7-5-4-6-8-20)15-19(22)16-27-21-12-9-17(2)10-13-21/h4-15H,3,16H2,1-2H3,(H,24,25). The number of anilines is 1. The van der Waals surface area contributed by atoms with Gasteiger partial charge in [0.05, 0.1) is 6.61 Å². The Morgan fingerprint density at radius 3 is 2.37 bits per heavy atom. The molecule has 27 heavy (non-hydrogen) atoms. The molecule has 0 aliphatic heterocycles. The van der Waals surface area contributed by atoms with E-state index in [1.165, 1.54) is 5.56 Å². The Morgan fingerprint density at radius 1 is 0.926 bits per heavy atom. The molecule has 0 fully saturated rings. The molecule has 0 aliphatic rings. The molecule has 3 aromatic carbocycles. The van der Waals surface area contributed by atoms with Crippen LogP contribution in [0.2, 0.25) is 0 Å². The second-order valence-corrected chi connectivity index (χ2v) is 6.18. The minimum Gasteiger partial charge on any atom is -0.493 e. The molecule has 1 N–H and O–H groups in total. The van der Waals surface area contributed by atoms with Gasteiger partial charge >= 0.3 is 0 Å². The Hall–Kier alpha value is -3.27. The predicted octanol–water partition coefficient (Wildman–Crippen LogP) is 5.23. The van der Waals surface area contributed by atoms with Gasteiger partial charge in [0.25, 0.3) is 5.91 Å². The second kappa shape index (κ2) is 8.90. The highest BCUT2D eigenvalue weighted by molar-refractivity contribution is 6.04.